The van der Waals surface area contributed by atoms with Crippen LogP contribution in [-0.4, -0.2) is 28.8 Å². The summed E-state index contributed by atoms with van der Waals surface area (Å²) >= 11 is 0. The van der Waals surface area contributed by atoms with Gasteiger partial charge in [0.25, 0.3) is 0 Å². The zero-order valence-electron chi connectivity index (χ0n) is 11.4. The normalized spacial score (nSPS) is 19.5. The van der Waals surface area contributed by atoms with E-state index in [-0.39, 0.29) is 6.10 Å². The molecule has 0 aromatic heterocycles. The molecule has 0 radical (unpaired) electrons. The van der Waals surface area contributed by atoms with Crippen molar-refractivity contribution < 1.29 is 14.6 Å². The average molecular weight is 263 g/mol. The van der Waals surface area contributed by atoms with Crippen molar-refractivity contribution >= 4 is 5.97 Å². The molecule has 104 valence electrons. The third-order valence-electron chi connectivity index (χ3n) is 3.35. The number of carboxylic acid groups (broad SMARTS) is 1. The van der Waals surface area contributed by atoms with E-state index in [2.05, 4.69) is 5.32 Å². The largest absolute Gasteiger partial charge is 0.491 e. The minimum atomic E-state index is -0.921. The number of carboxylic acids is 1. The van der Waals surface area contributed by atoms with Gasteiger partial charge in [-0.15, -0.1) is 0 Å². The fraction of sp³-hybridized carbons (Fsp3) is 0.533. The SMILES string of the molecule is CC(CC(C)(NC1CC1)C(=O)O)Oc1ccccc1. The second kappa shape index (κ2) is 5.61. The van der Waals surface area contributed by atoms with Crippen molar-refractivity contribution in [2.24, 2.45) is 0 Å². The molecule has 1 aliphatic rings. The molecule has 1 aromatic carbocycles. The van der Waals surface area contributed by atoms with E-state index in [1.165, 1.54) is 0 Å². The molecule has 1 saturated carbocycles. The predicted molar refractivity (Wildman–Crippen MR) is 73.3 cm³/mol. The summed E-state index contributed by atoms with van der Waals surface area (Å²) in [6.45, 7) is 3.64. The Bertz CT molecular complexity index is 430. The standard InChI is InChI=1S/C15H21NO3/c1-11(19-13-6-4-3-5-7-13)10-15(2,14(17)18)16-12-8-9-12/h3-7,11-12,16H,8-10H2,1-2H3,(H,17,18). The van der Waals surface area contributed by atoms with E-state index in [1.54, 1.807) is 6.92 Å². The minimum Gasteiger partial charge on any atom is -0.491 e. The first-order chi connectivity index (χ1) is 8.99. The van der Waals surface area contributed by atoms with Crippen LogP contribution in [0.2, 0.25) is 0 Å². The number of hydrogen-bond donors (Lipinski definition) is 2. The van der Waals surface area contributed by atoms with E-state index in [0.29, 0.717) is 12.5 Å². The number of aliphatic carboxylic acids is 1. The Morgan fingerprint density at radius 2 is 2.11 bits per heavy atom. The van der Waals surface area contributed by atoms with Gasteiger partial charge in [-0.2, -0.15) is 0 Å². The van der Waals surface area contributed by atoms with Crippen molar-refractivity contribution in [2.75, 3.05) is 0 Å². The second-order valence-corrected chi connectivity index (χ2v) is 5.50. The van der Waals surface area contributed by atoms with Gasteiger partial charge in [-0.3, -0.25) is 10.1 Å². The van der Waals surface area contributed by atoms with Crippen LogP contribution in [0.4, 0.5) is 0 Å². The number of benzene rings is 1. The molecule has 1 aliphatic carbocycles. The van der Waals surface area contributed by atoms with Crippen LogP contribution in [-0.2, 0) is 4.79 Å². The van der Waals surface area contributed by atoms with Gasteiger partial charge in [0.05, 0.1) is 6.10 Å². The van der Waals surface area contributed by atoms with E-state index in [0.717, 1.165) is 18.6 Å². The number of carbonyl (C=O) groups is 1. The predicted octanol–water partition coefficient (Wildman–Crippen LogP) is 2.44. The topological polar surface area (TPSA) is 58.6 Å². The van der Waals surface area contributed by atoms with Crippen LogP contribution in [0.3, 0.4) is 0 Å². The van der Waals surface area contributed by atoms with Crippen LogP contribution in [0.15, 0.2) is 30.3 Å². The maximum Gasteiger partial charge on any atom is 0.323 e. The molecule has 0 amide bonds. The lowest BCUT2D eigenvalue weighted by Gasteiger charge is -2.29. The first-order valence-electron chi connectivity index (χ1n) is 6.72. The molecule has 4 nitrogen and oxygen atoms in total. The van der Waals surface area contributed by atoms with Crippen LogP contribution < -0.4 is 10.1 Å². The Morgan fingerprint density at radius 3 is 2.63 bits per heavy atom. The average Bonchev–Trinajstić information content (AvgIpc) is 3.13. The number of nitrogens with one attached hydrogen (secondary N) is 1. The lowest BCUT2D eigenvalue weighted by Crippen LogP contribution is -2.52. The van der Waals surface area contributed by atoms with E-state index in [1.807, 2.05) is 37.3 Å². The Hall–Kier alpha value is -1.55. The summed E-state index contributed by atoms with van der Waals surface area (Å²) in [6, 6.07) is 9.84. The lowest BCUT2D eigenvalue weighted by atomic mass is 9.94. The molecule has 0 saturated heterocycles. The molecular formula is C15H21NO3. The van der Waals surface area contributed by atoms with Gasteiger partial charge in [-0.05, 0) is 38.8 Å². The quantitative estimate of drug-likeness (QED) is 0.793. The molecule has 2 atom stereocenters. The monoisotopic (exact) mass is 263 g/mol. The van der Waals surface area contributed by atoms with Crippen LogP contribution in [0.1, 0.15) is 33.1 Å². The van der Waals surface area contributed by atoms with Crippen molar-refractivity contribution in [3.05, 3.63) is 30.3 Å². The summed E-state index contributed by atoms with van der Waals surface area (Å²) in [5, 5.41) is 12.6. The van der Waals surface area contributed by atoms with Crippen molar-refractivity contribution in [1.29, 1.82) is 0 Å². The second-order valence-electron chi connectivity index (χ2n) is 5.50. The van der Waals surface area contributed by atoms with Crippen LogP contribution in [0.5, 0.6) is 5.75 Å². The number of hydrogen-bond acceptors (Lipinski definition) is 3. The summed E-state index contributed by atoms with van der Waals surface area (Å²) in [6.07, 6.45) is 2.41. The highest BCUT2D eigenvalue weighted by Crippen LogP contribution is 2.26. The Morgan fingerprint density at radius 1 is 1.47 bits per heavy atom. The Kier molecular flexibility index (Phi) is 4.10. The smallest absolute Gasteiger partial charge is 0.323 e. The molecule has 0 aliphatic heterocycles. The van der Waals surface area contributed by atoms with Crippen LogP contribution in [0, 0.1) is 0 Å². The van der Waals surface area contributed by atoms with Gasteiger partial charge in [0, 0.05) is 12.5 Å². The Balaban J connectivity index is 1.94. The number of rotatable bonds is 7. The minimum absolute atomic E-state index is 0.158. The highest BCUT2D eigenvalue weighted by molar-refractivity contribution is 5.78. The van der Waals surface area contributed by atoms with Crippen LogP contribution in [0.25, 0.3) is 0 Å². The van der Waals surface area contributed by atoms with Crippen molar-refractivity contribution in [2.45, 2.75) is 50.8 Å². The van der Waals surface area contributed by atoms with Gasteiger partial charge in [-0.1, -0.05) is 18.2 Å². The highest BCUT2D eigenvalue weighted by Gasteiger charge is 2.39. The van der Waals surface area contributed by atoms with Gasteiger partial charge >= 0.3 is 5.97 Å². The van der Waals surface area contributed by atoms with E-state index in [9.17, 15) is 9.90 Å². The summed E-state index contributed by atoms with van der Waals surface area (Å²) in [7, 11) is 0. The molecule has 0 bridgehead atoms. The summed E-state index contributed by atoms with van der Waals surface area (Å²) in [5.74, 6) is -0.0444. The lowest BCUT2D eigenvalue weighted by molar-refractivity contribution is -0.145. The molecule has 0 heterocycles. The van der Waals surface area contributed by atoms with Crippen molar-refractivity contribution in [1.82, 2.24) is 5.32 Å². The zero-order chi connectivity index (χ0) is 13.9. The first kappa shape index (κ1) is 13.9. The number of ether oxygens (including phenoxy) is 1. The maximum atomic E-state index is 11.5. The third-order valence-corrected chi connectivity index (χ3v) is 3.35. The molecule has 2 rings (SSSR count). The molecule has 19 heavy (non-hydrogen) atoms. The van der Waals surface area contributed by atoms with Gasteiger partial charge in [0.1, 0.15) is 11.3 Å². The van der Waals surface area contributed by atoms with Gasteiger partial charge in [0.2, 0.25) is 0 Å². The molecule has 1 aromatic rings. The van der Waals surface area contributed by atoms with Gasteiger partial charge < -0.3 is 9.84 Å². The zero-order valence-corrected chi connectivity index (χ0v) is 11.4. The third kappa shape index (κ3) is 3.96. The fourth-order valence-corrected chi connectivity index (χ4v) is 2.23. The molecule has 4 heteroatoms. The summed E-state index contributed by atoms with van der Waals surface area (Å²) < 4.78 is 5.76. The molecule has 1 fully saturated rings. The van der Waals surface area contributed by atoms with Crippen LogP contribution >= 0.6 is 0 Å². The molecule has 2 unspecified atom stereocenters. The van der Waals surface area contributed by atoms with Gasteiger partial charge in [-0.25, -0.2) is 0 Å². The van der Waals surface area contributed by atoms with E-state index < -0.39 is 11.5 Å². The number of para-hydroxylation sites is 1. The van der Waals surface area contributed by atoms with E-state index >= 15 is 0 Å². The summed E-state index contributed by atoms with van der Waals surface area (Å²) in [4.78, 5) is 11.5. The first-order valence-corrected chi connectivity index (χ1v) is 6.72. The molecule has 2 N–H and O–H groups in total. The fourth-order valence-electron chi connectivity index (χ4n) is 2.23. The summed E-state index contributed by atoms with van der Waals surface area (Å²) in [5.41, 5.74) is -0.921. The van der Waals surface area contributed by atoms with Crippen molar-refractivity contribution in [3.8, 4) is 5.75 Å². The maximum absolute atomic E-state index is 11.5. The van der Waals surface area contributed by atoms with Gasteiger partial charge in [0.15, 0.2) is 0 Å². The molecule has 0 spiro atoms. The van der Waals surface area contributed by atoms with E-state index in [4.69, 9.17) is 4.74 Å². The van der Waals surface area contributed by atoms with Crippen molar-refractivity contribution in [3.63, 3.8) is 0 Å². The molecular weight excluding hydrogens is 242 g/mol. The Labute approximate surface area is 113 Å². The highest BCUT2D eigenvalue weighted by atomic mass is 16.5.